The minimum Gasteiger partial charge on any atom is -0.496 e. The lowest BCUT2D eigenvalue weighted by atomic mass is 10.1. The van der Waals surface area contributed by atoms with Gasteiger partial charge in [0.2, 0.25) is 5.91 Å². The molecule has 1 amide bonds. The molecule has 1 aromatic rings. The summed E-state index contributed by atoms with van der Waals surface area (Å²) in [5.74, 6) is -0.101. The van der Waals surface area contributed by atoms with Crippen LogP contribution < -0.4 is 10.1 Å². The zero-order valence-corrected chi connectivity index (χ0v) is 12.4. The first kappa shape index (κ1) is 15.0. The predicted octanol–water partition coefficient (Wildman–Crippen LogP) is 2.88. The third kappa shape index (κ3) is 3.19. The smallest absolute Gasteiger partial charge is 0.339 e. The number of carbonyl (C=O) groups excluding carboxylic acids is 1. The van der Waals surface area contributed by atoms with E-state index < -0.39 is 5.97 Å². The molecule has 1 aliphatic heterocycles. The number of amides is 1. The van der Waals surface area contributed by atoms with Crippen molar-refractivity contribution in [3.05, 3.63) is 22.7 Å². The van der Waals surface area contributed by atoms with Crippen molar-refractivity contribution in [2.45, 2.75) is 18.1 Å². The average Bonchev–Trinajstić information content (AvgIpc) is 2.94. The standard InChI is InChI=1S/C13H14ClNO4S/c1-19-10-6-9(8(14)5-7(10)13(17)18)15-12(16)11-3-2-4-20-11/h5-6,11H,2-4H2,1H3,(H,15,16)(H,17,18). The van der Waals surface area contributed by atoms with Crippen molar-refractivity contribution in [2.75, 3.05) is 18.2 Å². The topological polar surface area (TPSA) is 75.6 Å². The Kier molecular flexibility index (Phi) is 4.77. The summed E-state index contributed by atoms with van der Waals surface area (Å²) in [6.07, 6.45) is 1.87. The zero-order valence-electron chi connectivity index (χ0n) is 10.8. The molecular weight excluding hydrogens is 302 g/mol. The minimum absolute atomic E-state index is 0.0364. The maximum absolute atomic E-state index is 12.0. The van der Waals surface area contributed by atoms with E-state index in [1.807, 2.05) is 0 Å². The van der Waals surface area contributed by atoms with Gasteiger partial charge in [-0.05, 0) is 24.7 Å². The van der Waals surface area contributed by atoms with Gasteiger partial charge in [0.25, 0.3) is 0 Å². The Hall–Kier alpha value is -1.40. The van der Waals surface area contributed by atoms with Gasteiger partial charge in [-0.1, -0.05) is 11.6 Å². The lowest BCUT2D eigenvalue weighted by molar-refractivity contribution is -0.115. The molecule has 1 atom stereocenters. The van der Waals surface area contributed by atoms with Crippen molar-refractivity contribution in [2.24, 2.45) is 0 Å². The number of carbonyl (C=O) groups is 2. The van der Waals surface area contributed by atoms with Crippen LogP contribution in [0.3, 0.4) is 0 Å². The van der Waals surface area contributed by atoms with Crippen molar-refractivity contribution < 1.29 is 19.4 Å². The summed E-state index contributed by atoms with van der Waals surface area (Å²) in [6, 6.07) is 2.71. The van der Waals surface area contributed by atoms with Crippen molar-refractivity contribution in [3.8, 4) is 5.75 Å². The highest BCUT2D eigenvalue weighted by atomic mass is 35.5. The Morgan fingerprint density at radius 1 is 1.50 bits per heavy atom. The first-order valence-electron chi connectivity index (χ1n) is 6.06. The lowest BCUT2D eigenvalue weighted by Gasteiger charge is -2.13. The number of ether oxygens (including phenoxy) is 1. The van der Waals surface area contributed by atoms with Crippen LogP contribution in [0.2, 0.25) is 5.02 Å². The lowest BCUT2D eigenvalue weighted by Crippen LogP contribution is -2.23. The summed E-state index contributed by atoms with van der Waals surface area (Å²) in [6.45, 7) is 0. The molecule has 0 bridgehead atoms. The van der Waals surface area contributed by atoms with Crippen molar-refractivity contribution in [3.63, 3.8) is 0 Å². The first-order valence-corrected chi connectivity index (χ1v) is 7.49. The monoisotopic (exact) mass is 315 g/mol. The number of nitrogens with one attached hydrogen (secondary N) is 1. The van der Waals surface area contributed by atoms with E-state index in [1.165, 1.54) is 19.2 Å². The largest absolute Gasteiger partial charge is 0.496 e. The number of halogens is 1. The number of aromatic carboxylic acids is 1. The van der Waals surface area contributed by atoms with E-state index in [1.54, 1.807) is 11.8 Å². The van der Waals surface area contributed by atoms with E-state index in [-0.39, 0.29) is 27.5 Å². The van der Waals surface area contributed by atoms with Gasteiger partial charge in [-0.3, -0.25) is 4.79 Å². The maximum Gasteiger partial charge on any atom is 0.339 e. The molecule has 2 rings (SSSR count). The molecule has 1 heterocycles. The first-order chi connectivity index (χ1) is 9.52. The molecule has 1 fully saturated rings. The van der Waals surface area contributed by atoms with Gasteiger partial charge in [0.05, 0.1) is 23.1 Å². The molecule has 1 saturated heterocycles. The average molecular weight is 316 g/mol. The summed E-state index contributed by atoms with van der Waals surface area (Å²) < 4.78 is 5.01. The fraction of sp³-hybridized carbons (Fsp3) is 0.385. The third-order valence-corrected chi connectivity index (χ3v) is 4.69. The number of carboxylic acids is 1. The summed E-state index contributed by atoms with van der Waals surface area (Å²) in [5, 5.41) is 11.9. The fourth-order valence-electron chi connectivity index (χ4n) is 1.98. The quantitative estimate of drug-likeness (QED) is 0.893. The van der Waals surface area contributed by atoms with Gasteiger partial charge in [0, 0.05) is 6.07 Å². The number of hydrogen-bond donors (Lipinski definition) is 2. The molecule has 7 heteroatoms. The van der Waals surface area contributed by atoms with Crippen LogP contribution in [0.4, 0.5) is 5.69 Å². The predicted molar refractivity (Wildman–Crippen MR) is 79.1 cm³/mol. The fourth-order valence-corrected chi connectivity index (χ4v) is 3.36. The van der Waals surface area contributed by atoms with Crippen LogP contribution in [0.1, 0.15) is 23.2 Å². The van der Waals surface area contributed by atoms with Crippen molar-refractivity contribution in [1.29, 1.82) is 0 Å². The van der Waals surface area contributed by atoms with Gasteiger partial charge in [-0.25, -0.2) is 4.79 Å². The second-order valence-corrected chi connectivity index (χ2v) is 6.05. The molecule has 1 unspecified atom stereocenters. The van der Waals surface area contributed by atoms with Crippen LogP contribution in [0.5, 0.6) is 5.75 Å². The number of methoxy groups -OCH3 is 1. The van der Waals surface area contributed by atoms with Crippen LogP contribution in [0.25, 0.3) is 0 Å². The third-order valence-electron chi connectivity index (χ3n) is 3.00. The summed E-state index contributed by atoms with van der Waals surface area (Å²) >= 11 is 7.63. The molecule has 108 valence electrons. The van der Waals surface area contributed by atoms with Gasteiger partial charge >= 0.3 is 5.97 Å². The van der Waals surface area contributed by atoms with E-state index in [0.29, 0.717) is 5.69 Å². The van der Waals surface area contributed by atoms with E-state index in [9.17, 15) is 9.59 Å². The molecule has 5 nitrogen and oxygen atoms in total. The second kappa shape index (κ2) is 6.37. The zero-order chi connectivity index (χ0) is 14.7. The van der Waals surface area contributed by atoms with Crippen molar-refractivity contribution >= 4 is 40.9 Å². The Bertz CT molecular complexity index is 543. The number of benzene rings is 1. The van der Waals surface area contributed by atoms with Crippen LogP contribution in [-0.4, -0.2) is 35.1 Å². The second-order valence-electron chi connectivity index (χ2n) is 4.33. The van der Waals surface area contributed by atoms with Crippen LogP contribution >= 0.6 is 23.4 Å². The SMILES string of the molecule is COc1cc(NC(=O)C2CCCS2)c(Cl)cc1C(=O)O. The Morgan fingerprint density at radius 3 is 2.80 bits per heavy atom. The van der Waals surface area contributed by atoms with E-state index in [4.69, 9.17) is 21.4 Å². The van der Waals surface area contributed by atoms with E-state index >= 15 is 0 Å². The normalized spacial score (nSPS) is 17.8. The Morgan fingerprint density at radius 2 is 2.25 bits per heavy atom. The summed E-state index contributed by atoms with van der Waals surface area (Å²) in [5.41, 5.74) is 0.330. The highest BCUT2D eigenvalue weighted by Gasteiger charge is 2.24. The van der Waals surface area contributed by atoms with Crippen LogP contribution in [0, 0.1) is 0 Å². The molecule has 2 N–H and O–H groups in total. The summed E-state index contributed by atoms with van der Waals surface area (Å²) in [7, 11) is 1.37. The Labute approximate surface area is 125 Å². The molecular formula is C13H14ClNO4S. The van der Waals surface area contributed by atoms with Crippen LogP contribution in [0.15, 0.2) is 12.1 Å². The van der Waals surface area contributed by atoms with Crippen molar-refractivity contribution in [1.82, 2.24) is 0 Å². The van der Waals surface area contributed by atoms with Gasteiger partial charge < -0.3 is 15.2 Å². The molecule has 1 aliphatic rings. The number of hydrogen-bond acceptors (Lipinski definition) is 4. The van der Waals surface area contributed by atoms with Gasteiger partial charge in [-0.2, -0.15) is 0 Å². The summed E-state index contributed by atoms with van der Waals surface area (Å²) in [4.78, 5) is 23.1. The molecule has 0 aliphatic carbocycles. The number of anilines is 1. The molecule has 1 aromatic carbocycles. The minimum atomic E-state index is -1.13. The van der Waals surface area contributed by atoms with E-state index in [2.05, 4.69) is 5.32 Å². The number of carboxylic acid groups (broad SMARTS) is 1. The molecule has 0 aromatic heterocycles. The molecule has 0 saturated carbocycles. The maximum atomic E-state index is 12.0. The highest BCUT2D eigenvalue weighted by Crippen LogP contribution is 2.33. The number of rotatable bonds is 4. The van der Waals surface area contributed by atoms with Crippen LogP contribution in [-0.2, 0) is 4.79 Å². The van der Waals surface area contributed by atoms with Gasteiger partial charge in [-0.15, -0.1) is 11.8 Å². The van der Waals surface area contributed by atoms with Gasteiger partial charge in [0.1, 0.15) is 11.3 Å². The number of thioether (sulfide) groups is 1. The molecule has 0 spiro atoms. The Balaban J connectivity index is 2.23. The molecule has 20 heavy (non-hydrogen) atoms. The molecule has 0 radical (unpaired) electrons. The highest BCUT2D eigenvalue weighted by molar-refractivity contribution is 8.00. The van der Waals surface area contributed by atoms with Gasteiger partial charge in [0.15, 0.2) is 0 Å². The van der Waals surface area contributed by atoms with E-state index in [0.717, 1.165) is 18.6 Å².